The van der Waals surface area contributed by atoms with E-state index in [9.17, 15) is 0 Å². The molecule has 2 heteroatoms. The molecule has 0 radical (unpaired) electrons. The zero-order chi connectivity index (χ0) is 15.8. The zero-order valence-corrected chi connectivity index (χ0v) is 17.1. The number of hydrogen-bond acceptors (Lipinski definition) is 0. The molecule has 1 aliphatic carbocycles. The summed E-state index contributed by atoms with van der Waals surface area (Å²) >= 11 is 0.172. The Labute approximate surface area is 143 Å². The predicted molar refractivity (Wildman–Crippen MR) is 97.6 cm³/mol. The predicted octanol–water partition coefficient (Wildman–Crippen LogP) is 6.35. The van der Waals surface area contributed by atoms with Crippen LogP contribution in [0.15, 0.2) is 60.7 Å². The Bertz CT molecular complexity index is 746. The molecule has 0 fully saturated rings. The van der Waals surface area contributed by atoms with Crippen molar-refractivity contribution in [3.8, 4) is 0 Å². The third kappa shape index (κ3) is 3.52. The van der Waals surface area contributed by atoms with Gasteiger partial charge >= 0.3 is 144 Å². The second-order valence-electron chi connectivity index (χ2n) is 7.33. The topological polar surface area (TPSA) is 0 Å². The summed E-state index contributed by atoms with van der Waals surface area (Å²) in [6.07, 6.45) is 7.34. The van der Waals surface area contributed by atoms with Crippen LogP contribution in [0.4, 0.5) is 0 Å². The van der Waals surface area contributed by atoms with E-state index in [0.29, 0.717) is 3.80 Å². The molecule has 118 valence electrons. The van der Waals surface area contributed by atoms with Crippen LogP contribution >= 0.6 is 0 Å². The van der Waals surface area contributed by atoms with Gasteiger partial charge in [0.25, 0.3) is 0 Å². The summed E-state index contributed by atoms with van der Waals surface area (Å²) in [6.45, 7) is 9.90. The van der Waals surface area contributed by atoms with Crippen LogP contribution in [0, 0.1) is 0 Å². The molecule has 1 unspecified atom stereocenters. The van der Waals surface area contributed by atoms with Crippen molar-refractivity contribution in [1.29, 1.82) is 0 Å². The van der Waals surface area contributed by atoms with E-state index in [4.69, 9.17) is 0 Å². The Morgan fingerprint density at radius 1 is 1.00 bits per heavy atom. The summed E-state index contributed by atoms with van der Waals surface area (Å²) in [6, 6.07) is 15.4. The van der Waals surface area contributed by atoms with Crippen molar-refractivity contribution < 1.29 is 18.6 Å². The van der Waals surface area contributed by atoms with Crippen LogP contribution in [0.5, 0.6) is 0 Å². The van der Waals surface area contributed by atoms with Crippen molar-refractivity contribution in [3.05, 3.63) is 66.3 Å². The van der Waals surface area contributed by atoms with E-state index in [1.54, 1.807) is 0 Å². The second-order valence-corrected chi connectivity index (χ2v) is 18.3. The molecule has 0 saturated heterocycles. The summed E-state index contributed by atoms with van der Waals surface area (Å²) in [5.74, 6) is 0. The van der Waals surface area contributed by atoms with Gasteiger partial charge in [0.05, 0.1) is 0 Å². The Kier molecular flexibility index (Phi) is 4.31. The molecule has 22 heavy (non-hydrogen) atoms. The molecule has 1 atom stereocenters. The number of allylic oxidation sites excluding steroid dienone is 4. The van der Waals surface area contributed by atoms with Crippen LogP contribution in [0.25, 0.3) is 16.3 Å². The Morgan fingerprint density at radius 3 is 2.50 bits per heavy atom. The zero-order valence-electron chi connectivity index (χ0n) is 13.8. The summed E-state index contributed by atoms with van der Waals surface area (Å²) in [5, 5.41) is 2.70. The molecule has 0 saturated carbocycles. The molecule has 0 spiro atoms. The molecular weight excluding hydrogens is 463 g/mol. The molecule has 2 aromatic carbocycles. The molecule has 0 aliphatic heterocycles. The first kappa shape index (κ1) is 16.0. The Hall–Kier alpha value is -0.915. The van der Waals surface area contributed by atoms with Crippen LogP contribution in [0.2, 0.25) is 27.9 Å². The van der Waals surface area contributed by atoms with Crippen LogP contribution in [0.1, 0.15) is 12.5 Å². The van der Waals surface area contributed by atoms with Crippen molar-refractivity contribution in [2.24, 2.45) is 0 Å². The average molecular weight is 488 g/mol. The van der Waals surface area contributed by atoms with E-state index in [1.807, 2.05) is 0 Å². The van der Waals surface area contributed by atoms with Crippen molar-refractivity contribution in [1.82, 2.24) is 0 Å². The fourth-order valence-electron chi connectivity index (χ4n) is 2.64. The van der Waals surface area contributed by atoms with Crippen LogP contribution < -0.4 is 0 Å². The average Bonchev–Trinajstić information content (AvgIpc) is 2.87. The Morgan fingerprint density at radius 2 is 1.73 bits per heavy atom. The standard InChI is InChI=1S/C16H13.C4H11Si.Pt/c1-12-9-10-14(11-12)16-8-4-6-13-5-2-3-7-15(13)16;1-5(2,3)4;/h2-11H,1H3;1H2,2-4H3;. The van der Waals surface area contributed by atoms with Gasteiger partial charge in [0.15, 0.2) is 0 Å². The number of hydrogen-bond donors (Lipinski definition) is 0. The molecule has 0 bridgehead atoms. The first-order chi connectivity index (χ1) is 10.4. The minimum atomic E-state index is -0.931. The first-order valence-electron chi connectivity index (χ1n) is 7.79. The van der Waals surface area contributed by atoms with Gasteiger partial charge in [0.1, 0.15) is 0 Å². The van der Waals surface area contributed by atoms with Gasteiger partial charge in [-0.1, -0.05) is 0 Å². The van der Waals surface area contributed by atoms with Crippen molar-refractivity contribution in [2.75, 3.05) is 0 Å². The van der Waals surface area contributed by atoms with Gasteiger partial charge in [-0.3, -0.25) is 0 Å². The van der Waals surface area contributed by atoms with E-state index < -0.39 is 8.07 Å². The normalized spacial score (nSPS) is 21.5. The Balaban J connectivity index is 1.93. The maximum absolute atomic E-state index is 2.53. The maximum atomic E-state index is 2.53. The van der Waals surface area contributed by atoms with Gasteiger partial charge in [0, 0.05) is 0 Å². The van der Waals surface area contributed by atoms with Crippen molar-refractivity contribution >= 4 is 24.4 Å². The fraction of sp³-hybridized carbons (Fsp3) is 0.300. The number of rotatable bonds is 4. The summed E-state index contributed by atoms with van der Waals surface area (Å²) in [5.41, 5.74) is 2.80. The summed E-state index contributed by atoms with van der Waals surface area (Å²) in [4.78, 5) is 0. The summed E-state index contributed by atoms with van der Waals surface area (Å²) in [7, 11) is -0.931. The van der Waals surface area contributed by atoms with E-state index in [2.05, 4.69) is 87.3 Å². The molecule has 0 amide bonds. The summed E-state index contributed by atoms with van der Waals surface area (Å²) < 4.78 is 1.83. The SMILES string of the molecule is C[C]1([Pt][CH2][Si](C)(C)C)C=CC(c2cccc3ccccc23)=C1. The quantitative estimate of drug-likeness (QED) is 0.441. The molecule has 0 nitrogen and oxygen atoms in total. The van der Waals surface area contributed by atoms with Crippen molar-refractivity contribution in [2.45, 2.75) is 34.8 Å². The van der Waals surface area contributed by atoms with Gasteiger partial charge < -0.3 is 0 Å². The van der Waals surface area contributed by atoms with E-state index in [0.717, 1.165) is 0 Å². The van der Waals surface area contributed by atoms with Crippen LogP contribution in [-0.4, -0.2) is 8.07 Å². The third-order valence-electron chi connectivity index (χ3n) is 3.74. The molecule has 2 aromatic rings. The monoisotopic (exact) mass is 487 g/mol. The molecule has 0 aromatic heterocycles. The number of benzene rings is 2. The second kappa shape index (κ2) is 5.94. The van der Waals surface area contributed by atoms with Gasteiger partial charge in [-0.05, 0) is 0 Å². The fourth-order valence-corrected chi connectivity index (χ4v) is 10.5. The van der Waals surface area contributed by atoms with E-state index in [1.165, 1.54) is 26.3 Å². The first-order valence-corrected chi connectivity index (χ1v) is 14.2. The van der Waals surface area contributed by atoms with E-state index in [-0.39, 0.29) is 18.6 Å². The number of fused-ring (bicyclic) bond motifs is 1. The van der Waals surface area contributed by atoms with Crippen LogP contribution in [0.3, 0.4) is 0 Å². The molecule has 3 rings (SSSR count). The molecular formula is C20H24PtSi. The van der Waals surface area contributed by atoms with Gasteiger partial charge in [-0.15, -0.1) is 0 Å². The van der Waals surface area contributed by atoms with Gasteiger partial charge in [-0.25, -0.2) is 0 Å². The van der Waals surface area contributed by atoms with Crippen LogP contribution in [-0.2, 0) is 18.6 Å². The van der Waals surface area contributed by atoms with Crippen molar-refractivity contribution in [3.63, 3.8) is 0 Å². The van der Waals surface area contributed by atoms with E-state index >= 15 is 0 Å². The molecule has 1 aliphatic rings. The molecule has 0 N–H and O–H groups in total. The van der Waals surface area contributed by atoms with Gasteiger partial charge in [-0.2, -0.15) is 0 Å². The van der Waals surface area contributed by atoms with Gasteiger partial charge in [0.2, 0.25) is 0 Å². The minimum absolute atomic E-state index is 0.172. The third-order valence-corrected chi connectivity index (χ3v) is 15.4. The molecule has 0 heterocycles.